The van der Waals surface area contributed by atoms with Gasteiger partial charge >= 0.3 is 0 Å². The number of thiophene rings is 1. The maximum atomic E-state index is 11.5. The monoisotopic (exact) mass is 339 g/mol. The van der Waals surface area contributed by atoms with Gasteiger partial charge in [-0.2, -0.15) is 0 Å². The Morgan fingerprint density at radius 2 is 2.29 bits per heavy atom. The highest BCUT2D eigenvalue weighted by atomic mass is 79.9. The Kier molecular flexibility index (Phi) is 4.15. The highest BCUT2D eigenvalue weighted by Gasteiger charge is 2.23. The fourth-order valence-electron chi connectivity index (χ4n) is 0.822. The lowest BCUT2D eigenvalue weighted by molar-refractivity contribution is -0.122. The normalized spacial score (nSPS) is 11.4. The minimum absolute atomic E-state index is 0.00204. The van der Waals surface area contributed by atoms with Gasteiger partial charge in [0.2, 0.25) is 5.91 Å². The Morgan fingerprint density at radius 1 is 1.64 bits per heavy atom. The van der Waals surface area contributed by atoms with Crippen molar-refractivity contribution < 1.29 is 4.79 Å². The van der Waals surface area contributed by atoms with Gasteiger partial charge in [-0.1, -0.05) is 15.9 Å². The van der Waals surface area contributed by atoms with Crippen molar-refractivity contribution in [3.63, 3.8) is 0 Å². The van der Waals surface area contributed by atoms with E-state index in [0.29, 0.717) is 6.54 Å². The molecule has 1 aromatic heterocycles. The maximum absolute atomic E-state index is 11.5. The van der Waals surface area contributed by atoms with Crippen LogP contribution in [0.5, 0.6) is 0 Å². The molecule has 5 heteroatoms. The van der Waals surface area contributed by atoms with E-state index in [1.54, 1.807) is 11.3 Å². The minimum Gasteiger partial charge on any atom is -0.350 e. The predicted octanol–water partition coefficient (Wildman–Crippen LogP) is 3.30. The number of alkyl halides is 1. The van der Waals surface area contributed by atoms with Crippen molar-refractivity contribution in [2.24, 2.45) is 0 Å². The molecule has 0 aliphatic carbocycles. The fraction of sp³-hybridized carbons (Fsp3) is 0.444. The van der Waals surface area contributed by atoms with E-state index in [9.17, 15) is 4.79 Å². The summed E-state index contributed by atoms with van der Waals surface area (Å²) in [5, 5.41) is 4.85. The molecule has 1 heterocycles. The van der Waals surface area contributed by atoms with Crippen molar-refractivity contribution in [1.82, 2.24) is 5.32 Å². The second-order valence-corrected chi connectivity index (χ2v) is 7.18. The Labute approximate surface area is 104 Å². The Morgan fingerprint density at radius 3 is 2.71 bits per heavy atom. The lowest BCUT2D eigenvalue weighted by Crippen LogP contribution is -2.36. The Balaban J connectivity index is 2.50. The van der Waals surface area contributed by atoms with E-state index < -0.39 is 4.32 Å². The van der Waals surface area contributed by atoms with Crippen molar-refractivity contribution in [1.29, 1.82) is 0 Å². The van der Waals surface area contributed by atoms with E-state index in [2.05, 4.69) is 37.2 Å². The average Bonchev–Trinajstić information content (AvgIpc) is 2.45. The molecular weight excluding hydrogens is 330 g/mol. The van der Waals surface area contributed by atoms with Crippen LogP contribution in [0.2, 0.25) is 0 Å². The smallest absolute Gasteiger partial charge is 0.236 e. The largest absolute Gasteiger partial charge is 0.350 e. The zero-order valence-corrected chi connectivity index (χ0v) is 11.9. The predicted molar refractivity (Wildman–Crippen MR) is 66.9 cm³/mol. The number of carbonyl (C=O) groups is 1. The standard InChI is InChI=1S/C9H11Br2NOS/c1-9(2,11)8(13)12-5-7-6(10)3-4-14-7/h3-4H,5H2,1-2H3,(H,12,13). The zero-order valence-electron chi connectivity index (χ0n) is 7.93. The molecule has 1 amide bonds. The molecule has 0 radical (unpaired) electrons. The van der Waals surface area contributed by atoms with Gasteiger partial charge in [-0.05, 0) is 41.2 Å². The molecule has 0 aromatic carbocycles. The summed E-state index contributed by atoms with van der Waals surface area (Å²) in [5.41, 5.74) is 0. The first-order valence-corrected chi connectivity index (χ1v) is 6.57. The van der Waals surface area contributed by atoms with Gasteiger partial charge in [0.25, 0.3) is 0 Å². The average molecular weight is 341 g/mol. The van der Waals surface area contributed by atoms with E-state index >= 15 is 0 Å². The van der Waals surface area contributed by atoms with Crippen LogP contribution in [0.3, 0.4) is 0 Å². The second kappa shape index (κ2) is 4.77. The highest BCUT2D eigenvalue weighted by molar-refractivity contribution is 9.10. The summed E-state index contributed by atoms with van der Waals surface area (Å²) in [7, 11) is 0. The lowest BCUT2D eigenvalue weighted by atomic mass is 10.2. The molecule has 14 heavy (non-hydrogen) atoms. The molecule has 0 spiro atoms. The van der Waals surface area contributed by atoms with Crippen molar-refractivity contribution in [3.05, 3.63) is 20.8 Å². The van der Waals surface area contributed by atoms with Crippen LogP contribution in [0.4, 0.5) is 0 Å². The molecule has 0 fully saturated rings. The minimum atomic E-state index is -0.503. The van der Waals surface area contributed by atoms with Gasteiger partial charge in [0.1, 0.15) is 0 Å². The molecular formula is C9H11Br2NOS. The van der Waals surface area contributed by atoms with Gasteiger partial charge in [-0.3, -0.25) is 4.79 Å². The first-order valence-electron chi connectivity index (χ1n) is 4.10. The highest BCUT2D eigenvalue weighted by Crippen LogP contribution is 2.23. The molecule has 0 aliphatic heterocycles. The first-order chi connectivity index (χ1) is 6.41. The molecule has 2 nitrogen and oxygen atoms in total. The number of hydrogen-bond donors (Lipinski definition) is 1. The number of amides is 1. The Hall–Kier alpha value is 0.130. The van der Waals surface area contributed by atoms with Crippen molar-refractivity contribution in [3.8, 4) is 0 Å². The lowest BCUT2D eigenvalue weighted by Gasteiger charge is -2.15. The molecule has 1 N–H and O–H groups in total. The third-order valence-electron chi connectivity index (χ3n) is 1.64. The van der Waals surface area contributed by atoms with Gasteiger partial charge in [0, 0.05) is 9.35 Å². The quantitative estimate of drug-likeness (QED) is 0.840. The molecule has 0 bridgehead atoms. The molecule has 1 aromatic rings. The third-order valence-corrected chi connectivity index (χ3v) is 3.93. The van der Waals surface area contributed by atoms with Crippen LogP contribution in [-0.4, -0.2) is 10.2 Å². The van der Waals surface area contributed by atoms with Gasteiger partial charge in [-0.15, -0.1) is 11.3 Å². The van der Waals surface area contributed by atoms with Crippen LogP contribution < -0.4 is 5.32 Å². The van der Waals surface area contributed by atoms with Crippen LogP contribution in [0.15, 0.2) is 15.9 Å². The SMILES string of the molecule is CC(C)(Br)C(=O)NCc1sccc1Br. The van der Waals surface area contributed by atoms with Crippen molar-refractivity contribution in [2.75, 3.05) is 0 Å². The van der Waals surface area contributed by atoms with Crippen LogP contribution in [-0.2, 0) is 11.3 Å². The number of nitrogens with one attached hydrogen (secondary N) is 1. The number of halogens is 2. The van der Waals surface area contributed by atoms with Gasteiger partial charge < -0.3 is 5.32 Å². The molecule has 0 saturated carbocycles. The summed E-state index contributed by atoms with van der Waals surface area (Å²) in [4.78, 5) is 12.6. The van der Waals surface area contributed by atoms with Crippen LogP contribution in [0.1, 0.15) is 18.7 Å². The van der Waals surface area contributed by atoms with E-state index in [0.717, 1.165) is 9.35 Å². The summed E-state index contributed by atoms with van der Waals surface area (Å²) in [5.74, 6) is -0.00204. The zero-order chi connectivity index (χ0) is 10.8. The summed E-state index contributed by atoms with van der Waals surface area (Å²) in [6.07, 6.45) is 0. The van der Waals surface area contributed by atoms with Crippen LogP contribution >= 0.6 is 43.2 Å². The molecule has 0 saturated heterocycles. The van der Waals surface area contributed by atoms with Gasteiger partial charge in [0.05, 0.1) is 10.9 Å². The molecule has 1 rings (SSSR count). The van der Waals surface area contributed by atoms with Crippen molar-refractivity contribution >= 4 is 49.1 Å². The summed E-state index contributed by atoms with van der Waals surface area (Å²) >= 11 is 8.35. The van der Waals surface area contributed by atoms with Crippen molar-refractivity contribution in [2.45, 2.75) is 24.7 Å². The van der Waals surface area contributed by atoms with Crippen LogP contribution in [0.25, 0.3) is 0 Å². The molecule has 0 unspecified atom stereocenters. The van der Waals surface area contributed by atoms with E-state index in [-0.39, 0.29) is 5.91 Å². The maximum Gasteiger partial charge on any atom is 0.236 e. The third kappa shape index (κ3) is 3.37. The summed E-state index contributed by atoms with van der Waals surface area (Å²) in [6.45, 7) is 4.23. The van der Waals surface area contributed by atoms with E-state index in [1.165, 1.54) is 0 Å². The molecule has 0 aliphatic rings. The number of rotatable bonds is 3. The first kappa shape index (κ1) is 12.2. The van der Waals surface area contributed by atoms with E-state index in [4.69, 9.17) is 0 Å². The van der Waals surface area contributed by atoms with Crippen LogP contribution in [0, 0.1) is 0 Å². The second-order valence-electron chi connectivity index (χ2n) is 3.35. The summed E-state index contributed by atoms with van der Waals surface area (Å²) in [6, 6.07) is 1.98. The topological polar surface area (TPSA) is 29.1 Å². The molecule has 0 atom stereocenters. The summed E-state index contributed by atoms with van der Waals surface area (Å²) < 4.78 is 0.548. The fourth-order valence-corrected chi connectivity index (χ4v) is 2.39. The van der Waals surface area contributed by atoms with E-state index in [1.807, 2.05) is 25.3 Å². The number of hydrogen-bond acceptors (Lipinski definition) is 2. The molecule has 78 valence electrons. The Bertz CT molecular complexity index is 330. The van der Waals surface area contributed by atoms with Gasteiger partial charge in [-0.25, -0.2) is 0 Å². The van der Waals surface area contributed by atoms with Gasteiger partial charge in [0.15, 0.2) is 0 Å². The number of carbonyl (C=O) groups excluding carboxylic acids is 1.